The maximum Gasteiger partial charge on any atom is 0.247 e. The van der Waals surface area contributed by atoms with Crippen molar-refractivity contribution in [2.45, 2.75) is 37.4 Å². The van der Waals surface area contributed by atoms with Crippen molar-refractivity contribution in [1.29, 1.82) is 0 Å². The number of rotatable bonds is 7. The highest BCUT2D eigenvalue weighted by Crippen LogP contribution is 2.36. The van der Waals surface area contributed by atoms with E-state index in [1.54, 1.807) is 43.7 Å². The lowest BCUT2D eigenvalue weighted by atomic mass is 10.0. The number of hydrogen-bond acceptors (Lipinski definition) is 8. The van der Waals surface area contributed by atoms with Gasteiger partial charge in [0.25, 0.3) is 0 Å². The molecule has 1 aliphatic rings. The summed E-state index contributed by atoms with van der Waals surface area (Å²) >= 11 is 0. The van der Waals surface area contributed by atoms with Crippen LogP contribution in [-0.4, -0.2) is 76.6 Å². The molecule has 0 radical (unpaired) electrons. The molecule has 0 fully saturated rings. The van der Waals surface area contributed by atoms with Crippen LogP contribution < -0.4 is 4.74 Å². The third-order valence-electron chi connectivity index (χ3n) is 6.23. The van der Waals surface area contributed by atoms with Crippen molar-refractivity contribution < 1.29 is 18.3 Å². The number of sulfonamides is 1. The van der Waals surface area contributed by atoms with Crippen molar-refractivity contribution in [3.05, 3.63) is 67.0 Å². The fourth-order valence-corrected chi connectivity index (χ4v) is 6.07. The molecule has 1 aliphatic heterocycles. The Labute approximate surface area is 206 Å². The molecule has 0 saturated heterocycles. The summed E-state index contributed by atoms with van der Waals surface area (Å²) in [4.78, 5) is 14.6. The first-order valence-electron chi connectivity index (χ1n) is 11.6. The second-order valence-corrected chi connectivity index (χ2v) is 10.9. The maximum absolute atomic E-state index is 13.6. The third-order valence-corrected chi connectivity index (χ3v) is 8.25. The topological polar surface area (TPSA) is 109 Å². The number of ether oxygens (including phenoxy) is 1. The van der Waals surface area contributed by atoms with Gasteiger partial charge in [0.05, 0.1) is 6.61 Å². The minimum atomic E-state index is -3.89. The second-order valence-electron chi connectivity index (χ2n) is 9.09. The lowest BCUT2D eigenvalue weighted by molar-refractivity contribution is 0.0734. The van der Waals surface area contributed by atoms with Crippen LogP contribution in [0.2, 0.25) is 0 Å². The van der Waals surface area contributed by atoms with E-state index in [9.17, 15) is 13.5 Å². The van der Waals surface area contributed by atoms with Crippen LogP contribution in [0.5, 0.6) is 5.75 Å². The molecule has 186 valence electrons. The van der Waals surface area contributed by atoms with Crippen LogP contribution in [0.4, 0.5) is 0 Å². The lowest BCUT2D eigenvalue weighted by Crippen LogP contribution is -2.49. The van der Waals surface area contributed by atoms with Gasteiger partial charge in [0.2, 0.25) is 10.0 Å². The number of fused-ring (bicyclic) bond motifs is 1. The Kier molecular flexibility index (Phi) is 7.75. The van der Waals surface area contributed by atoms with Crippen LogP contribution in [0.1, 0.15) is 19.4 Å². The van der Waals surface area contributed by atoms with E-state index >= 15 is 0 Å². The summed E-state index contributed by atoms with van der Waals surface area (Å²) in [6, 6.07) is 8.39. The fourth-order valence-electron chi connectivity index (χ4n) is 4.25. The average molecular weight is 498 g/mol. The highest BCUT2D eigenvalue weighted by Gasteiger charge is 2.38. The summed E-state index contributed by atoms with van der Waals surface area (Å²) in [6.45, 7) is 4.93. The van der Waals surface area contributed by atoms with E-state index in [0.29, 0.717) is 13.1 Å². The van der Waals surface area contributed by atoms with Crippen LogP contribution in [0.25, 0.3) is 11.1 Å². The summed E-state index contributed by atoms with van der Waals surface area (Å²) in [7, 11) is -1.89. The molecule has 3 atom stereocenters. The van der Waals surface area contributed by atoms with Gasteiger partial charge in [0.1, 0.15) is 23.1 Å². The Bertz CT molecular complexity index is 1230. The molecule has 4 rings (SSSR count). The van der Waals surface area contributed by atoms with E-state index in [4.69, 9.17) is 4.74 Å². The van der Waals surface area contributed by atoms with E-state index in [1.807, 2.05) is 32.3 Å². The Morgan fingerprint density at radius 3 is 2.63 bits per heavy atom. The predicted octanol–water partition coefficient (Wildman–Crippen LogP) is 2.44. The smallest absolute Gasteiger partial charge is 0.247 e. The Hall–Kier alpha value is -2.92. The Morgan fingerprint density at radius 1 is 1.17 bits per heavy atom. The zero-order valence-electron chi connectivity index (χ0n) is 20.2. The van der Waals surface area contributed by atoms with Crippen molar-refractivity contribution in [1.82, 2.24) is 24.2 Å². The third kappa shape index (κ3) is 5.67. The van der Waals surface area contributed by atoms with Crippen molar-refractivity contribution in [3.63, 3.8) is 0 Å². The Morgan fingerprint density at radius 2 is 1.94 bits per heavy atom. The quantitative estimate of drug-likeness (QED) is 0.530. The zero-order valence-corrected chi connectivity index (χ0v) is 21.0. The summed E-state index contributed by atoms with van der Waals surface area (Å²) in [6.07, 6.45) is 8.08. The van der Waals surface area contributed by atoms with Crippen LogP contribution in [0.15, 0.2) is 66.3 Å². The molecule has 3 heterocycles. The highest BCUT2D eigenvalue weighted by atomic mass is 32.2. The van der Waals surface area contributed by atoms with Gasteiger partial charge in [-0.2, -0.15) is 4.31 Å². The van der Waals surface area contributed by atoms with Crippen molar-refractivity contribution in [3.8, 4) is 16.9 Å². The van der Waals surface area contributed by atoms with Gasteiger partial charge >= 0.3 is 0 Å². The standard InChI is InChI=1S/C25H31N5O4S/c1-18-13-30(19(2)16-31)35(32,33)25-7-6-21(22-11-27-17-28-12-22)9-23(25)34-24(18)15-29(3)14-20-5-4-8-26-10-20/h4-12,17-19,24,31H,13-16H2,1-3H3/t18-,19-,24+/m1/s1. The van der Waals surface area contributed by atoms with Crippen LogP contribution in [0.3, 0.4) is 0 Å². The van der Waals surface area contributed by atoms with Crippen molar-refractivity contribution in [2.24, 2.45) is 5.92 Å². The van der Waals surface area contributed by atoms with Crippen LogP contribution >= 0.6 is 0 Å². The van der Waals surface area contributed by atoms with E-state index in [0.717, 1.165) is 16.7 Å². The molecule has 10 heteroatoms. The molecule has 2 aromatic heterocycles. The van der Waals surface area contributed by atoms with Crippen LogP contribution in [0, 0.1) is 5.92 Å². The largest absolute Gasteiger partial charge is 0.487 e. The van der Waals surface area contributed by atoms with E-state index < -0.39 is 16.1 Å². The summed E-state index contributed by atoms with van der Waals surface area (Å²) in [5, 5.41) is 9.82. The SMILES string of the molecule is C[C@@H]1CN([C@H](C)CO)S(=O)(=O)c2ccc(-c3cncnc3)cc2O[C@H]1CN(C)Cc1cccnc1. The van der Waals surface area contributed by atoms with Crippen molar-refractivity contribution >= 4 is 10.0 Å². The summed E-state index contributed by atoms with van der Waals surface area (Å²) in [5.74, 6) is 0.153. The fraction of sp³-hybridized carbons (Fsp3) is 0.400. The minimum absolute atomic E-state index is 0.0882. The van der Waals surface area contributed by atoms with E-state index in [2.05, 4.69) is 19.9 Å². The first kappa shape index (κ1) is 25.2. The number of aromatic nitrogens is 3. The molecule has 3 aromatic rings. The lowest BCUT2D eigenvalue weighted by Gasteiger charge is -2.37. The van der Waals surface area contributed by atoms with Crippen LogP contribution in [-0.2, 0) is 16.6 Å². The zero-order chi connectivity index (χ0) is 25.0. The molecule has 0 saturated carbocycles. The normalized spacial score (nSPS) is 20.9. The summed E-state index contributed by atoms with van der Waals surface area (Å²) < 4.78 is 35.1. The Balaban J connectivity index is 1.72. The van der Waals surface area contributed by atoms with Crippen molar-refractivity contribution in [2.75, 3.05) is 26.7 Å². The number of aliphatic hydroxyl groups excluding tert-OH is 1. The molecular weight excluding hydrogens is 466 g/mol. The van der Waals surface area contributed by atoms with E-state index in [-0.39, 0.29) is 35.8 Å². The number of aliphatic hydroxyl groups is 1. The number of likely N-dealkylation sites (N-methyl/N-ethyl adjacent to an activating group) is 1. The highest BCUT2D eigenvalue weighted by molar-refractivity contribution is 7.89. The van der Waals surface area contributed by atoms with Gasteiger partial charge in [0.15, 0.2) is 0 Å². The molecule has 0 bridgehead atoms. The number of benzene rings is 1. The van der Waals surface area contributed by atoms with Gasteiger partial charge in [0, 0.05) is 61.9 Å². The second kappa shape index (κ2) is 10.8. The van der Waals surface area contributed by atoms with Gasteiger partial charge in [-0.3, -0.25) is 9.88 Å². The predicted molar refractivity (Wildman–Crippen MR) is 132 cm³/mol. The van der Waals surface area contributed by atoms with Gasteiger partial charge in [-0.15, -0.1) is 0 Å². The number of nitrogens with zero attached hydrogens (tertiary/aromatic N) is 5. The molecule has 9 nitrogen and oxygen atoms in total. The van der Waals surface area contributed by atoms with E-state index in [1.165, 1.54) is 10.6 Å². The number of hydrogen-bond donors (Lipinski definition) is 1. The molecule has 0 unspecified atom stereocenters. The van der Waals surface area contributed by atoms with Gasteiger partial charge in [-0.05, 0) is 43.3 Å². The monoisotopic (exact) mass is 497 g/mol. The van der Waals surface area contributed by atoms with Gasteiger partial charge < -0.3 is 9.84 Å². The molecule has 35 heavy (non-hydrogen) atoms. The minimum Gasteiger partial charge on any atom is -0.487 e. The first-order chi connectivity index (χ1) is 16.8. The molecular formula is C25H31N5O4S. The van der Waals surface area contributed by atoms with Gasteiger partial charge in [-0.25, -0.2) is 18.4 Å². The van der Waals surface area contributed by atoms with Gasteiger partial charge in [-0.1, -0.05) is 19.1 Å². The molecule has 1 aromatic carbocycles. The molecule has 0 spiro atoms. The average Bonchev–Trinajstić information content (AvgIpc) is 2.86. The molecule has 0 amide bonds. The maximum atomic E-state index is 13.6. The molecule has 1 N–H and O–H groups in total. The first-order valence-corrected chi connectivity index (χ1v) is 13.0. The summed E-state index contributed by atoms with van der Waals surface area (Å²) in [5.41, 5.74) is 2.60. The molecule has 0 aliphatic carbocycles. The number of pyridine rings is 1.